The molecular formula is C17H17FN4O2. The Labute approximate surface area is 136 Å². The highest BCUT2D eigenvalue weighted by Gasteiger charge is 2.15. The summed E-state index contributed by atoms with van der Waals surface area (Å²) < 4.78 is 16.8. The number of aromatic amines is 1. The van der Waals surface area contributed by atoms with Gasteiger partial charge in [-0.15, -0.1) is 0 Å². The van der Waals surface area contributed by atoms with Crippen molar-refractivity contribution < 1.29 is 4.39 Å². The fourth-order valence-corrected chi connectivity index (χ4v) is 2.62. The maximum Gasteiger partial charge on any atom is 0.332 e. The van der Waals surface area contributed by atoms with Crippen molar-refractivity contribution in [2.24, 2.45) is 0 Å². The summed E-state index contributed by atoms with van der Waals surface area (Å²) in [6.45, 7) is 4.14. The van der Waals surface area contributed by atoms with E-state index in [1.807, 2.05) is 0 Å². The summed E-state index contributed by atoms with van der Waals surface area (Å²) in [7, 11) is 0. The average molecular weight is 328 g/mol. The van der Waals surface area contributed by atoms with Crippen LogP contribution in [0.1, 0.15) is 25.2 Å². The fourth-order valence-electron chi connectivity index (χ4n) is 2.62. The lowest BCUT2D eigenvalue weighted by molar-refractivity contribution is 0.605. The average Bonchev–Trinajstić information content (AvgIpc) is 3.00. The first-order valence-corrected chi connectivity index (χ1v) is 7.72. The first-order chi connectivity index (χ1) is 11.6. The molecule has 0 bridgehead atoms. The van der Waals surface area contributed by atoms with Crippen molar-refractivity contribution in [2.75, 3.05) is 0 Å². The SMILES string of the molecule is CCn1c(=O)c2[nH]c(/C=C(/F)c3ccccc3)nc2n(CC)c1=O. The third-order valence-electron chi connectivity index (χ3n) is 3.82. The number of imidazole rings is 1. The maximum absolute atomic E-state index is 14.3. The minimum Gasteiger partial charge on any atom is -0.332 e. The van der Waals surface area contributed by atoms with Crippen molar-refractivity contribution >= 4 is 23.1 Å². The van der Waals surface area contributed by atoms with Crippen LogP contribution in [0.25, 0.3) is 23.1 Å². The van der Waals surface area contributed by atoms with E-state index in [9.17, 15) is 14.0 Å². The van der Waals surface area contributed by atoms with Gasteiger partial charge in [0.15, 0.2) is 5.65 Å². The van der Waals surface area contributed by atoms with Gasteiger partial charge in [-0.05, 0) is 13.8 Å². The molecule has 1 aromatic carbocycles. The van der Waals surface area contributed by atoms with E-state index in [-0.39, 0.29) is 23.5 Å². The molecule has 0 spiro atoms. The molecule has 0 aliphatic heterocycles. The molecule has 3 aromatic rings. The Kier molecular flexibility index (Phi) is 4.16. The highest BCUT2D eigenvalue weighted by Crippen LogP contribution is 2.18. The van der Waals surface area contributed by atoms with E-state index in [1.54, 1.807) is 44.2 Å². The van der Waals surface area contributed by atoms with Gasteiger partial charge in [-0.25, -0.2) is 14.2 Å². The van der Waals surface area contributed by atoms with Crippen molar-refractivity contribution in [3.8, 4) is 0 Å². The predicted molar refractivity (Wildman–Crippen MR) is 91.4 cm³/mol. The number of fused-ring (bicyclic) bond motifs is 1. The number of hydrogen-bond donors (Lipinski definition) is 1. The molecule has 1 N–H and O–H groups in total. The van der Waals surface area contributed by atoms with Crippen molar-refractivity contribution in [3.63, 3.8) is 0 Å². The molecular weight excluding hydrogens is 311 g/mol. The second kappa shape index (κ2) is 6.27. The zero-order chi connectivity index (χ0) is 17.3. The van der Waals surface area contributed by atoms with E-state index >= 15 is 0 Å². The van der Waals surface area contributed by atoms with Gasteiger partial charge in [0.05, 0.1) is 0 Å². The Morgan fingerprint density at radius 1 is 1.17 bits per heavy atom. The Balaban J connectivity index is 2.21. The van der Waals surface area contributed by atoms with Crippen LogP contribution in [0.2, 0.25) is 0 Å². The summed E-state index contributed by atoms with van der Waals surface area (Å²) in [5.41, 5.74) is -0.0101. The number of H-pyrrole nitrogens is 1. The van der Waals surface area contributed by atoms with Crippen LogP contribution >= 0.6 is 0 Å². The summed E-state index contributed by atoms with van der Waals surface area (Å²) in [5, 5.41) is 0. The number of aryl methyl sites for hydroxylation is 1. The molecule has 0 atom stereocenters. The lowest BCUT2D eigenvalue weighted by Gasteiger charge is -2.06. The van der Waals surface area contributed by atoms with E-state index in [4.69, 9.17) is 0 Å². The molecule has 124 valence electrons. The molecule has 24 heavy (non-hydrogen) atoms. The lowest BCUT2D eigenvalue weighted by Crippen LogP contribution is -2.39. The van der Waals surface area contributed by atoms with Crippen LogP contribution in [0, 0.1) is 0 Å². The molecule has 3 rings (SSSR count). The molecule has 2 heterocycles. The quantitative estimate of drug-likeness (QED) is 0.799. The second-order valence-electron chi connectivity index (χ2n) is 5.26. The molecule has 0 fully saturated rings. The zero-order valence-electron chi connectivity index (χ0n) is 13.4. The van der Waals surface area contributed by atoms with E-state index in [2.05, 4.69) is 9.97 Å². The van der Waals surface area contributed by atoms with Crippen LogP contribution in [-0.2, 0) is 13.1 Å². The Hall–Kier alpha value is -2.96. The molecule has 0 aliphatic rings. The largest absolute Gasteiger partial charge is 0.332 e. The van der Waals surface area contributed by atoms with E-state index in [1.165, 1.54) is 10.6 Å². The van der Waals surface area contributed by atoms with E-state index < -0.39 is 17.1 Å². The van der Waals surface area contributed by atoms with Gasteiger partial charge in [-0.1, -0.05) is 30.3 Å². The van der Waals surface area contributed by atoms with Crippen LogP contribution < -0.4 is 11.2 Å². The number of hydrogen-bond acceptors (Lipinski definition) is 3. The molecule has 0 unspecified atom stereocenters. The van der Waals surface area contributed by atoms with Gasteiger partial charge < -0.3 is 4.98 Å². The van der Waals surface area contributed by atoms with Crippen molar-refractivity contribution in [1.82, 2.24) is 19.1 Å². The topological polar surface area (TPSA) is 72.7 Å². The molecule has 6 nitrogen and oxygen atoms in total. The predicted octanol–water partition coefficient (Wildman–Crippen LogP) is 2.39. The first kappa shape index (κ1) is 15.9. The van der Waals surface area contributed by atoms with Crippen molar-refractivity contribution in [2.45, 2.75) is 26.9 Å². The third kappa shape index (κ3) is 2.58. The highest BCUT2D eigenvalue weighted by molar-refractivity contribution is 5.79. The Morgan fingerprint density at radius 3 is 2.46 bits per heavy atom. The number of rotatable bonds is 4. The Morgan fingerprint density at radius 2 is 1.83 bits per heavy atom. The van der Waals surface area contributed by atoms with Gasteiger partial charge in [0.2, 0.25) is 0 Å². The number of nitrogens with zero attached hydrogens (tertiary/aromatic N) is 3. The number of aromatic nitrogens is 4. The second-order valence-corrected chi connectivity index (χ2v) is 5.26. The number of halogens is 1. The van der Waals surface area contributed by atoms with E-state index in [0.717, 1.165) is 4.57 Å². The highest BCUT2D eigenvalue weighted by atomic mass is 19.1. The van der Waals surface area contributed by atoms with Crippen molar-refractivity contribution in [3.05, 3.63) is 62.6 Å². The molecule has 0 saturated heterocycles. The number of nitrogens with one attached hydrogen (secondary N) is 1. The minimum absolute atomic E-state index is 0.193. The minimum atomic E-state index is -0.476. The summed E-state index contributed by atoms with van der Waals surface area (Å²) >= 11 is 0. The van der Waals surface area contributed by atoms with Crippen LogP contribution in [-0.4, -0.2) is 19.1 Å². The van der Waals surface area contributed by atoms with Gasteiger partial charge >= 0.3 is 5.69 Å². The van der Waals surface area contributed by atoms with Crippen LogP contribution in [0.15, 0.2) is 39.9 Å². The standard InChI is InChI=1S/C17H17FN4O2/c1-3-21-15-14(16(23)22(4-2)17(21)24)19-13(20-15)10-12(18)11-8-6-5-7-9-11/h5-10H,3-4H2,1-2H3,(H,19,20)/b12-10+. The summed E-state index contributed by atoms with van der Waals surface area (Å²) in [6, 6.07) is 8.54. The third-order valence-corrected chi connectivity index (χ3v) is 3.82. The zero-order valence-corrected chi connectivity index (χ0v) is 13.4. The summed E-state index contributed by atoms with van der Waals surface area (Å²) in [4.78, 5) is 31.7. The molecule has 0 saturated carbocycles. The van der Waals surface area contributed by atoms with Gasteiger partial charge in [0.1, 0.15) is 17.2 Å². The van der Waals surface area contributed by atoms with Crippen LogP contribution in [0.4, 0.5) is 4.39 Å². The lowest BCUT2D eigenvalue weighted by atomic mass is 10.2. The normalized spacial score (nSPS) is 12.0. The van der Waals surface area contributed by atoms with Crippen LogP contribution in [0.3, 0.4) is 0 Å². The van der Waals surface area contributed by atoms with Gasteiger partial charge in [0.25, 0.3) is 5.56 Å². The summed E-state index contributed by atoms with van der Waals surface area (Å²) in [5.74, 6) is -0.283. The molecule has 7 heteroatoms. The number of benzene rings is 1. The summed E-state index contributed by atoms with van der Waals surface area (Å²) in [6.07, 6.45) is 1.22. The van der Waals surface area contributed by atoms with Crippen molar-refractivity contribution in [1.29, 1.82) is 0 Å². The van der Waals surface area contributed by atoms with E-state index in [0.29, 0.717) is 12.1 Å². The van der Waals surface area contributed by atoms with Gasteiger partial charge in [-0.2, -0.15) is 0 Å². The van der Waals surface area contributed by atoms with Gasteiger partial charge in [0, 0.05) is 24.7 Å². The molecule has 2 aromatic heterocycles. The molecule has 0 radical (unpaired) electrons. The molecule has 0 amide bonds. The smallest absolute Gasteiger partial charge is 0.332 e. The van der Waals surface area contributed by atoms with Crippen LogP contribution in [0.5, 0.6) is 0 Å². The first-order valence-electron chi connectivity index (χ1n) is 7.72. The maximum atomic E-state index is 14.3. The molecule has 0 aliphatic carbocycles. The monoisotopic (exact) mass is 328 g/mol. The fraction of sp³-hybridized carbons (Fsp3) is 0.235. The Bertz CT molecular complexity index is 1030. The van der Waals surface area contributed by atoms with Gasteiger partial charge in [-0.3, -0.25) is 13.9 Å².